The fourth-order valence-corrected chi connectivity index (χ4v) is 3.54. The van der Waals surface area contributed by atoms with Gasteiger partial charge in [0.1, 0.15) is 0 Å². The van der Waals surface area contributed by atoms with E-state index in [2.05, 4.69) is 10.5 Å². The number of nitrogens with zero attached hydrogens (tertiary/aromatic N) is 2. The van der Waals surface area contributed by atoms with E-state index in [1.54, 1.807) is 23.1 Å². The predicted molar refractivity (Wildman–Crippen MR) is 116 cm³/mol. The van der Waals surface area contributed by atoms with Crippen molar-refractivity contribution in [3.05, 3.63) is 95.6 Å². The molecule has 1 heterocycles. The van der Waals surface area contributed by atoms with E-state index in [9.17, 15) is 14.8 Å². The number of benzene rings is 3. The molecule has 1 aliphatic heterocycles. The van der Waals surface area contributed by atoms with Gasteiger partial charge in [0.15, 0.2) is 5.71 Å². The lowest BCUT2D eigenvalue weighted by Gasteiger charge is -2.17. The Morgan fingerprint density at radius 1 is 0.933 bits per heavy atom. The molecule has 0 bridgehead atoms. The van der Waals surface area contributed by atoms with Crippen molar-refractivity contribution in [1.29, 1.82) is 0 Å². The molecule has 6 nitrogen and oxygen atoms in total. The Morgan fingerprint density at radius 3 is 2.27 bits per heavy atom. The standard InChI is InChI=1S/C24H21N3O3/c28-22(14-11-17-7-3-1-4-8-17)25-19-12-13-21-20(15-19)23(26-30)24(29)27(21)16-18-9-5-2-6-10-18/h1-10,12-13,15,30H,11,14,16H2,(H,25,28)/b26-23-. The number of fused-ring (bicyclic) bond motifs is 1. The number of hydrogen-bond acceptors (Lipinski definition) is 4. The van der Waals surface area contributed by atoms with E-state index in [0.717, 1.165) is 11.1 Å². The number of nitrogens with one attached hydrogen (secondary N) is 1. The maximum Gasteiger partial charge on any atom is 0.281 e. The highest BCUT2D eigenvalue weighted by Crippen LogP contribution is 2.33. The summed E-state index contributed by atoms with van der Waals surface area (Å²) in [5.41, 5.74) is 3.75. The molecule has 3 aromatic rings. The Balaban J connectivity index is 1.50. The van der Waals surface area contributed by atoms with Crippen LogP contribution in [0.5, 0.6) is 0 Å². The Hall–Kier alpha value is -3.93. The first-order valence-corrected chi connectivity index (χ1v) is 9.72. The van der Waals surface area contributed by atoms with Crippen molar-refractivity contribution in [2.45, 2.75) is 19.4 Å². The molecule has 3 aromatic carbocycles. The largest absolute Gasteiger partial charge is 0.410 e. The summed E-state index contributed by atoms with van der Waals surface area (Å²) in [6.07, 6.45) is 0.991. The summed E-state index contributed by atoms with van der Waals surface area (Å²) in [4.78, 5) is 26.6. The van der Waals surface area contributed by atoms with Gasteiger partial charge in [0.25, 0.3) is 5.91 Å². The third-order valence-electron chi connectivity index (χ3n) is 5.04. The zero-order valence-corrected chi connectivity index (χ0v) is 16.3. The molecule has 0 saturated carbocycles. The number of carbonyl (C=O) groups is 2. The van der Waals surface area contributed by atoms with Gasteiger partial charge in [-0.25, -0.2) is 0 Å². The van der Waals surface area contributed by atoms with E-state index >= 15 is 0 Å². The fourth-order valence-electron chi connectivity index (χ4n) is 3.54. The third kappa shape index (κ3) is 4.07. The minimum absolute atomic E-state index is 0.0266. The van der Waals surface area contributed by atoms with Crippen molar-refractivity contribution in [2.24, 2.45) is 5.16 Å². The van der Waals surface area contributed by atoms with E-state index in [-0.39, 0.29) is 17.5 Å². The molecule has 0 aromatic heterocycles. The number of rotatable bonds is 6. The molecule has 6 heteroatoms. The van der Waals surface area contributed by atoms with E-state index in [0.29, 0.717) is 36.3 Å². The summed E-state index contributed by atoms with van der Waals surface area (Å²) in [6, 6.07) is 24.6. The third-order valence-corrected chi connectivity index (χ3v) is 5.04. The summed E-state index contributed by atoms with van der Waals surface area (Å²) >= 11 is 0. The summed E-state index contributed by atoms with van der Waals surface area (Å²) in [5.74, 6) is -0.490. The van der Waals surface area contributed by atoms with E-state index in [1.807, 2.05) is 60.7 Å². The Bertz CT molecular complexity index is 1100. The van der Waals surface area contributed by atoms with Crippen molar-refractivity contribution in [1.82, 2.24) is 0 Å². The smallest absolute Gasteiger partial charge is 0.281 e. The lowest BCUT2D eigenvalue weighted by atomic mass is 10.1. The van der Waals surface area contributed by atoms with Crippen LogP contribution in [0.1, 0.15) is 23.1 Å². The number of hydrogen-bond donors (Lipinski definition) is 2. The summed E-state index contributed by atoms with van der Waals surface area (Å²) in [5, 5.41) is 15.5. The van der Waals surface area contributed by atoms with Gasteiger partial charge < -0.3 is 15.4 Å². The van der Waals surface area contributed by atoms with Crippen LogP contribution >= 0.6 is 0 Å². The summed E-state index contributed by atoms with van der Waals surface area (Å²) < 4.78 is 0. The highest BCUT2D eigenvalue weighted by molar-refractivity contribution is 6.54. The zero-order valence-electron chi connectivity index (χ0n) is 16.3. The van der Waals surface area contributed by atoms with Crippen molar-refractivity contribution in [3.8, 4) is 0 Å². The first-order valence-electron chi connectivity index (χ1n) is 9.72. The Labute approximate surface area is 174 Å². The van der Waals surface area contributed by atoms with Crippen LogP contribution in [0, 0.1) is 0 Å². The van der Waals surface area contributed by atoms with Crippen molar-refractivity contribution in [2.75, 3.05) is 10.2 Å². The molecule has 0 aliphatic carbocycles. The second-order valence-corrected chi connectivity index (χ2v) is 7.09. The lowest BCUT2D eigenvalue weighted by molar-refractivity contribution is -0.116. The molecule has 30 heavy (non-hydrogen) atoms. The molecule has 2 N–H and O–H groups in total. The molecular weight excluding hydrogens is 378 g/mol. The highest BCUT2D eigenvalue weighted by atomic mass is 16.4. The first kappa shape index (κ1) is 19.4. The van der Waals surface area contributed by atoms with Crippen LogP contribution in [-0.4, -0.2) is 22.7 Å². The maximum absolute atomic E-state index is 12.7. The van der Waals surface area contributed by atoms with Gasteiger partial charge >= 0.3 is 0 Å². The summed E-state index contributed by atoms with van der Waals surface area (Å²) in [7, 11) is 0. The van der Waals surface area contributed by atoms with Crippen LogP contribution in [0.25, 0.3) is 0 Å². The van der Waals surface area contributed by atoms with Gasteiger partial charge in [-0.3, -0.25) is 9.59 Å². The van der Waals surface area contributed by atoms with Crippen molar-refractivity contribution >= 4 is 28.9 Å². The zero-order chi connectivity index (χ0) is 20.9. The number of oxime groups is 1. The van der Waals surface area contributed by atoms with E-state index in [4.69, 9.17) is 0 Å². The molecule has 0 radical (unpaired) electrons. The van der Waals surface area contributed by atoms with Gasteiger partial charge in [0, 0.05) is 17.7 Å². The SMILES string of the molecule is O=C(CCc1ccccc1)Nc1ccc2c(c1)/C(=N/O)C(=O)N2Cc1ccccc1. The minimum atomic E-state index is -0.371. The van der Waals surface area contributed by atoms with Crippen LogP contribution in [-0.2, 0) is 22.6 Å². The topological polar surface area (TPSA) is 82.0 Å². The number of aryl methyl sites for hydroxylation is 1. The molecule has 2 amide bonds. The fraction of sp³-hybridized carbons (Fsp3) is 0.125. The highest BCUT2D eigenvalue weighted by Gasteiger charge is 2.34. The Morgan fingerprint density at radius 2 is 1.60 bits per heavy atom. The molecule has 0 fully saturated rings. The minimum Gasteiger partial charge on any atom is -0.410 e. The first-order chi connectivity index (χ1) is 14.7. The lowest BCUT2D eigenvalue weighted by Crippen LogP contribution is -2.29. The molecule has 0 saturated heterocycles. The molecular formula is C24H21N3O3. The second kappa shape index (κ2) is 8.61. The van der Waals surface area contributed by atoms with Gasteiger partial charge in [-0.2, -0.15) is 0 Å². The van der Waals surface area contributed by atoms with Crippen LogP contribution in [0.15, 0.2) is 84.0 Å². The molecule has 1 aliphatic rings. The van der Waals surface area contributed by atoms with Gasteiger partial charge in [-0.1, -0.05) is 65.8 Å². The summed E-state index contributed by atoms with van der Waals surface area (Å²) in [6.45, 7) is 0.370. The van der Waals surface area contributed by atoms with Crippen LogP contribution in [0.3, 0.4) is 0 Å². The van der Waals surface area contributed by atoms with Crippen LogP contribution in [0.4, 0.5) is 11.4 Å². The Kier molecular flexibility index (Phi) is 5.57. The van der Waals surface area contributed by atoms with Crippen LogP contribution < -0.4 is 10.2 Å². The molecule has 150 valence electrons. The predicted octanol–water partition coefficient (Wildman–Crippen LogP) is 3.98. The molecule has 0 atom stereocenters. The van der Waals surface area contributed by atoms with Gasteiger partial charge in [-0.05, 0) is 35.7 Å². The van der Waals surface area contributed by atoms with Gasteiger partial charge in [0.2, 0.25) is 5.91 Å². The van der Waals surface area contributed by atoms with Crippen LogP contribution in [0.2, 0.25) is 0 Å². The second-order valence-electron chi connectivity index (χ2n) is 7.09. The maximum atomic E-state index is 12.7. The number of carbonyl (C=O) groups excluding carboxylic acids is 2. The van der Waals surface area contributed by atoms with E-state index in [1.165, 1.54) is 0 Å². The molecule has 4 rings (SSSR count). The van der Waals surface area contributed by atoms with Crippen molar-refractivity contribution < 1.29 is 14.8 Å². The quantitative estimate of drug-likeness (QED) is 0.486. The van der Waals surface area contributed by atoms with Gasteiger partial charge in [-0.15, -0.1) is 0 Å². The van der Waals surface area contributed by atoms with Crippen molar-refractivity contribution in [3.63, 3.8) is 0 Å². The average molecular weight is 399 g/mol. The monoisotopic (exact) mass is 399 g/mol. The molecule has 0 unspecified atom stereocenters. The number of anilines is 2. The van der Waals surface area contributed by atoms with Gasteiger partial charge in [0.05, 0.1) is 12.2 Å². The number of amides is 2. The molecule has 0 spiro atoms. The van der Waals surface area contributed by atoms with E-state index < -0.39 is 0 Å². The normalized spacial score (nSPS) is 14.1. The average Bonchev–Trinajstić information content (AvgIpc) is 3.04.